The number of hydrogen-bond acceptors (Lipinski definition) is 4. The summed E-state index contributed by atoms with van der Waals surface area (Å²) in [6, 6.07) is 4.19. The van der Waals surface area contributed by atoms with Gasteiger partial charge in [0.15, 0.2) is 0 Å². The molecule has 2 N–H and O–H groups in total. The van der Waals surface area contributed by atoms with Crippen molar-refractivity contribution in [3.8, 4) is 0 Å². The Hall–Kier alpha value is -2.31. The largest absolute Gasteiger partial charge is 0.478 e. The number of aromatic carboxylic acids is 1. The summed E-state index contributed by atoms with van der Waals surface area (Å²) in [6.07, 6.45) is 1.47. The van der Waals surface area contributed by atoms with Crippen molar-refractivity contribution in [2.75, 3.05) is 12.4 Å². The number of ether oxygens (including phenoxy) is 1. The van der Waals surface area contributed by atoms with Crippen molar-refractivity contribution < 1.29 is 24.2 Å². The molecule has 0 bridgehead atoms. The van der Waals surface area contributed by atoms with Gasteiger partial charge in [0, 0.05) is 12.8 Å². The van der Waals surface area contributed by atoms with Crippen LogP contribution in [-0.4, -0.2) is 37.9 Å². The van der Waals surface area contributed by atoms with E-state index in [2.05, 4.69) is 10.1 Å². The fourth-order valence-corrected chi connectivity index (χ4v) is 1.72. The number of nitrogens with one attached hydrogen (secondary N) is 1. The molecule has 1 rings (SSSR count). The highest BCUT2D eigenvalue weighted by atomic mass is 16.5. The summed E-state index contributed by atoms with van der Waals surface area (Å²) in [5.41, 5.74) is 0.508. The second-order valence-corrected chi connectivity index (χ2v) is 4.44. The number of unbranched alkanes of at least 4 members (excludes halogenated alkanes) is 1. The molecule has 110 valence electrons. The number of carboxylic acids is 1. The molecule has 1 aromatic rings. The average molecular weight is 289 g/mol. The number of benzene rings is 1. The molecule has 0 fully saturated rings. The van der Waals surface area contributed by atoms with E-state index in [1.165, 1.54) is 25.3 Å². The molecular formula is C14H16BNO5. The quantitative estimate of drug-likeness (QED) is 0.441. The fraction of sp³-hybridized carbons (Fsp3) is 0.357. The number of amides is 1. The lowest BCUT2D eigenvalue weighted by atomic mass is 9.94. The Morgan fingerprint density at radius 1 is 1.24 bits per heavy atom. The van der Waals surface area contributed by atoms with Gasteiger partial charge < -0.3 is 15.2 Å². The molecule has 0 spiro atoms. The van der Waals surface area contributed by atoms with Crippen molar-refractivity contribution in [2.24, 2.45) is 0 Å². The minimum Gasteiger partial charge on any atom is -0.478 e. The van der Waals surface area contributed by atoms with Crippen LogP contribution in [0.3, 0.4) is 0 Å². The zero-order valence-electron chi connectivity index (χ0n) is 11.7. The Labute approximate surface area is 123 Å². The maximum atomic E-state index is 11.8. The third-order valence-electron chi connectivity index (χ3n) is 2.81. The van der Waals surface area contributed by atoms with E-state index in [4.69, 9.17) is 13.0 Å². The molecule has 0 heterocycles. The van der Waals surface area contributed by atoms with Crippen LogP contribution >= 0.6 is 0 Å². The lowest BCUT2D eigenvalue weighted by Gasteiger charge is -2.09. The molecule has 1 aromatic carbocycles. The summed E-state index contributed by atoms with van der Waals surface area (Å²) in [5.74, 6) is -1.79. The van der Waals surface area contributed by atoms with Gasteiger partial charge in [-0.2, -0.15) is 0 Å². The fourth-order valence-electron chi connectivity index (χ4n) is 1.72. The Kier molecular flexibility index (Phi) is 6.45. The van der Waals surface area contributed by atoms with Gasteiger partial charge in [-0.15, -0.1) is 0 Å². The maximum absolute atomic E-state index is 11.8. The zero-order chi connectivity index (χ0) is 15.8. The van der Waals surface area contributed by atoms with Crippen molar-refractivity contribution >= 4 is 36.8 Å². The van der Waals surface area contributed by atoms with Crippen molar-refractivity contribution in [1.29, 1.82) is 0 Å². The maximum Gasteiger partial charge on any atom is 0.337 e. The lowest BCUT2D eigenvalue weighted by Crippen LogP contribution is -2.17. The molecule has 6 nitrogen and oxygen atoms in total. The standard InChI is InChI=1S/C14H16BNO5/c1-21-13(18)5-3-2-4-12(17)16-11-8-9(15)6-7-10(11)14(19)20/h6-8H,2-5H2,1H3,(H,16,17)(H,19,20). The minimum absolute atomic E-state index is 0.0212. The number of esters is 1. The molecule has 0 aromatic heterocycles. The monoisotopic (exact) mass is 289 g/mol. The molecule has 0 aliphatic rings. The van der Waals surface area contributed by atoms with E-state index in [-0.39, 0.29) is 36.0 Å². The molecule has 0 aliphatic heterocycles. The molecule has 0 saturated heterocycles. The van der Waals surface area contributed by atoms with Gasteiger partial charge in [0.25, 0.3) is 0 Å². The van der Waals surface area contributed by atoms with E-state index in [9.17, 15) is 14.4 Å². The van der Waals surface area contributed by atoms with Gasteiger partial charge in [0.1, 0.15) is 7.85 Å². The number of hydrogen-bond donors (Lipinski definition) is 2. The summed E-state index contributed by atoms with van der Waals surface area (Å²) in [5, 5.41) is 11.5. The van der Waals surface area contributed by atoms with Crippen LogP contribution in [0.25, 0.3) is 0 Å². The van der Waals surface area contributed by atoms with Crippen LogP contribution in [0.5, 0.6) is 0 Å². The zero-order valence-corrected chi connectivity index (χ0v) is 11.7. The molecule has 0 unspecified atom stereocenters. The van der Waals surface area contributed by atoms with Crippen molar-refractivity contribution in [2.45, 2.75) is 25.7 Å². The van der Waals surface area contributed by atoms with Gasteiger partial charge in [-0.25, -0.2) is 4.79 Å². The van der Waals surface area contributed by atoms with Gasteiger partial charge in [-0.05, 0) is 25.0 Å². The van der Waals surface area contributed by atoms with E-state index >= 15 is 0 Å². The molecule has 0 saturated carbocycles. The van der Waals surface area contributed by atoms with E-state index in [1.807, 2.05) is 0 Å². The van der Waals surface area contributed by atoms with Crippen LogP contribution in [-0.2, 0) is 14.3 Å². The Bertz CT molecular complexity index is 544. The third kappa shape index (κ3) is 5.68. The summed E-state index contributed by atoms with van der Waals surface area (Å²) < 4.78 is 4.49. The van der Waals surface area contributed by atoms with E-state index in [0.29, 0.717) is 18.3 Å². The number of carbonyl (C=O) groups excluding carboxylic acids is 2. The molecule has 2 radical (unpaired) electrons. The van der Waals surface area contributed by atoms with Crippen LogP contribution in [0.2, 0.25) is 0 Å². The van der Waals surface area contributed by atoms with E-state index in [0.717, 1.165) is 0 Å². The van der Waals surface area contributed by atoms with Gasteiger partial charge in [-0.1, -0.05) is 11.5 Å². The molecule has 21 heavy (non-hydrogen) atoms. The van der Waals surface area contributed by atoms with E-state index in [1.54, 1.807) is 0 Å². The highest BCUT2D eigenvalue weighted by molar-refractivity contribution is 6.33. The number of methoxy groups -OCH3 is 1. The normalized spacial score (nSPS) is 9.95. The van der Waals surface area contributed by atoms with Crippen molar-refractivity contribution in [3.63, 3.8) is 0 Å². The average Bonchev–Trinajstić information content (AvgIpc) is 2.43. The predicted octanol–water partition coefficient (Wildman–Crippen LogP) is 0.850. The summed E-state index contributed by atoms with van der Waals surface area (Å²) in [6.45, 7) is 0. The first-order chi connectivity index (χ1) is 9.93. The summed E-state index contributed by atoms with van der Waals surface area (Å²) in [7, 11) is 6.89. The van der Waals surface area contributed by atoms with Crippen molar-refractivity contribution in [3.05, 3.63) is 23.8 Å². The highest BCUT2D eigenvalue weighted by Crippen LogP contribution is 2.14. The second kappa shape index (κ2) is 8.09. The van der Waals surface area contributed by atoms with Gasteiger partial charge in [0.2, 0.25) is 5.91 Å². The van der Waals surface area contributed by atoms with E-state index < -0.39 is 5.97 Å². The predicted molar refractivity (Wildman–Crippen MR) is 77.9 cm³/mol. The first-order valence-electron chi connectivity index (χ1n) is 6.43. The Morgan fingerprint density at radius 2 is 1.90 bits per heavy atom. The van der Waals surface area contributed by atoms with Crippen LogP contribution < -0.4 is 10.8 Å². The summed E-state index contributed by atoms with van der Waals surface area (Å²) >= 11 is 0. The van der Waals surface area contributed by atoms with Gasteiger partial charge >= 0.3 is 11.9 Å². The molecule has 1 amide bonds. The smallest absolute Gasteiger partial charge is 0.337 e. The van der Waals surface area contributed by atoms with Crippen LogP contribution in [0, 0.1) is 0 Å². The Balaban J connectivity index is 2.53. The molecule has 7 heteroatoms. The first-order valence-corrected chi connectivity index (χ1v) is 6.43. The minimum atomic E-state index is -1.14. The lowest BCUT2D eigenvalue weighted by molar-refractivity contribution is -0.140. The number of carbonyl (C=O) groups is 3. The molecular weight excluding hydrogens is 273 g/mol. The third-order valence-corrected chi connectivity index (χ3v) is 2.81. The van der Waals surface area contributed by atoms with Crippen LogP contribution in [0.15, 0.2) is 18.2 Å². The number of anilines is 1. The van der Waals surface area contributed by atoms with Crippen molar-refractivity contribution in [1.82, 2.24) is 0 Å². The second-order valence-electron chi connectivity index (χ2n) is 4.44. The number of carboxylic acid groups (broad SMARTS) is 1. The molecule has 0 aliphatic carbocycles. The molecule has 0 atom stereocenters. The van der Waals surface area contributed by atoms with Gasteiger partial charge in [-0.3, -0.25) is 9.59 Å². The van der Waals surface area contributed by atoms with Gasteiger partial charge in [0.05, 0.1) is 18.4 Å². The topological polar surface area (TPSA) is 92.7 Å². The number of rotatable bonds is 7. The van der Waals surface area contributed by atoms with Crippen LogP contribution in [0.4, 0.5) is 5.69 Å². The first kappa shape index (κ1) is 16.7. The summed E-state index contributed by atoms with van der Waals surface area (Å²) in [4.78, 5) is 33.7. The SMILES string of the molecule is [B]c1ccc(C(=O)O)c(NC(=O)CCCCC(=O)OC)c1. The highest BCUT2D eigenvalue weighted by Gasteiger charge is 2.12. The Morgan fingerprint density at radius 3 is 2.52 bits per heavy atom. The van der Waals surface area contributed by atoms with Crippen LogP contribution in [0.1, 0.15) is 36.0 Å².